The average Bonchev–Trinajstić information content (AvgIpc) is 3.43. The summed E-state index contributed by atoms with van der Waals surface area (Å²) in [5, 5.41) is 4.77. The molecular weight excluding hydrogens is 453 g/mol. The number of carbonyl (C=O) groups is 1. The van der Waals surface area contributed by atoms with Gasteiger partial charge >= 0.3 is 0 Å². The lowest BCUT2D eigenvalue weighted by Gasteiger charge is -2.38. The smallest absolute Gasteiger partial charge is 0.246 e. The van der Waals surface area contributed by atoms with Gasteiger partial charge in [-0.15, -0.1) is 11.3 Å². The van der Waals surface area contributed by atoms with Crippen molar-refractivity contribution >= 4 is 39.1 Å². The molecule has 0 unspecified atom stereocenters. The van der Waals surface area contributed by atoms with Gasteiger partial charge in [-0.3, -0.25) is 9.48 Å². The Bertz CT molecular complexity index is 1360. The summed E-state index contributed by atoms with van der Waals surface area (Å²) in [6, 6.07) is 4.45. The van der Waals surface area contributed by atoms with Crippen molar-refractivity contribution in [2.45, 2.75) is 6.04 Å². The number of hydrogen-bond acceptors (Lipinski definition) is 6. The molecule has 1 aromatic carbocycles. The van der Waals surface area contributed by atoms with Gasteiger partial charge in [0.2, 0.25) is 5.91 Å². The number of pyridine rings is 1. The van der Waals surface area contributed by atoms with Crippen LogP contribution in [-0.2, 0) is 4.79 Å². The largest absolute Gasteiger partial charge is 0.496 e. The van der Waals surface area contributed by atoms with Gasteiger partial charge in [-0.05, 0) is 18.2 Å². The van der Waals surface area contributed by atoms with Gasteiger partial charge in [0, 0.05) is 42.0 Å². The summed E-state index contributed by atoms with van der Waals surface area (Å²) in [5.74, 6) is -0.107. The van der Waals surface area contributed by atoms with Crippen LogP contribution in [-0.4, -0.2) is 50.8 Å². The number of methoxy groups -OCH3 is 1. The molecule has 1 amide bonds. The molecule has 0 radical (unpaired) electrons. The van der Waals surface area contributed by atoms with Crippen molar-refractivity contribution in [3.05, 3.63) is 59.7 Å². The minimum absolute atomic E-state index is 0.0686. The Morgan fingerprint density at radius 1 is 1.41 bits per heavy atom. The summed E-state index contributed by atoms with van der Waals surface area (Å²) in [4.78, 5) is 22.4. The Kier molecular flexibility index (Phi) is 5.15. The first kappa shape index (κ1) is 20.6. The fraction of sp³-hybridized carbons (Fsp3) is 0.182. The third-order valence-electron chi connectivity index (χ3n) is 5.47. The lowest BCUT2D eigenvalue weighted by atomic mass is 9.99. The zero-order chi connectivity index (χ0) is 22.4. The number of carbonyl (C=O) groups excluding carboxylic acids is 1. The monoisotopic (exact) mass is 469 g/mol. The van der Waals surface area contributed by atoms with Crippen LogP contribution in [0, 0.1) is 5.82 Å². The molecule has 0 atom stereocenters. The number of benzene rings is 1. The molecule has 1 saturated heterocycles. The van der Waals surface area contributed by atoms with E-state index in [0.717, 1.165) is 15.8 Å². The van der Waals surface area contributed by atoms with Crippen molar-refractivity contribution < 1.29 is 13.9 Å². The van der Waals surface area contributed by atoms with Gasteiger partial charge < -0.3 is 9.64 Å². The predicted octanol–water partition coefficient (Wildman–Crippen LogP) is 4.59. The molecule has 1 aliphatic heterocycles. The van der Waals surface area contributed by atoms with Crippen LogP contribution in [0.25, 0.3) is 32.6 Å². The Morgan fingerprint density at radius 2 is 2.22 bits per heavy atom. The first-order chi connectivity index (χ1) is 15.5. The quantitative estimate of drug-likeness (QED) is 0.315. The molecule has 32 heavy (non-hydrogen) atoms. The predicted molar refractivity (Wildman–Crippen MR) is 121 cm³/mol. The second-order valence-electron chi connectivity index (χ2n) is 7.31. The summed E-state index contributed by atoms with van der Waals surface area (Å²) >= 11 is 7.87. The molecule has 0 bridgehead atoms. The summed E-state index contributed by atoms with van der Waals surface area (Å²) in [7, 11) is 1.50. The van der Waals surface area contributed by atoms with E-state index in [9.17, 15) is 9.18 Å². The number of halogens is 2. The lowest BCUT2D eigenvalue weighted by molar-refractivity contribution is -0.131. The van der Waals surface area contributed by atoms with Gasteiger partial charge in [0.15, 0.2) is 5.15 Å². The molecule has 10 heteroatoms. The number of amides is 1. The minimum atomic E-state index is -0.397. The van der Waals surface area contributed by atoms with Crippen LogP contribution in [0.15, 0.2) is 48.8 Å². The first-order valence-electron chi connectivity index (χ1n) is 9.72. The van der Waals surface area contributed by atoms with Gasteiger partial charge in [-0.2, -0.15) is 5.10 Å². The zero-order valence-corrected chi connectivity index (χ0v) is 18.5. The molecule has 1 fully saturated rings. The van der Waals surface area contributed by atoms with Crippen LogP contribution in [0.4, 0.5) is 4.39 Å². The Balaban J connectivity index is 1.62. The highest BCUT2D eigenvalue weighted by Gasteiger charge is 2.31. The second-order valence-corrected chi connectivity index (χ2v) is 8.52. The summed E-state index contributed by atoms with van der Waals surface area (Å²) in [5.41, 5.74) is 5.05. The highest BCUT2D eigenvalue weighted by Crippen LogP contribution is 2.44. The molecule has 4 heterocycles. The van der Waals surface area contributed by atoms with Crippen molar-refractivity contribution in [1.82, 2.24) is 24.6 Å². The molecule has 0 spiro atoms. The van der Waals surface area contributed by atoms with E-state index in [0.29, 0.717) is 35.6 Å². The number of hydrogen-bond donors (Lipinski definition) is 0. The van der Waals surface area contributed by atoms with Crippen molar-refractivity contribution in [1.29, 1.82) is 0 Å². The van der Waals surface area contributed by atoms with E-state index >= 15 is 0 Å². The fourth-order valence-corrected chi connectivity index (χ4v) is 4.94. The second kappa shape index (κ2) is 7.99. The van der Waals surface area contributed by atoms with Crippen LogP contribution in [0.2, 0.25) is 5.15 Å². The molecule has 1 aliphatic rings. The molecule has 7 nitrogen and oxygen atoms in total. The van der Waals surface area contributed by atoms with Gasteiger partial charge in [0.25, 0.3) is 0 Å². The van der Waals surface area contributed by atoms with E-state index in [4.69, 9.17) is 16.3 Å². The number of rotatable bonds is 5. The third kappa shape index (κ3) is 3.34. The Morgan fingerprint density at radius 3 is 2.97 bits per heavy atom. The summed E-state index contributed by atoms with van der Waals surface area (Å²) in [6.45, 7) is 4.64. The van der Waals surface area contributed by atoms with Crippen LogP contribution in [0.1, 0.15) is 6.04 Å². The highest BCUT2D eigenvalue weighted by molar-refractivity contribution is 7.17. The van der Waals surface area contributed by atoms with E-state index in [1.807, 2.05) is 10.9 Å². The van der Waals surface area contributed by atoms with Crippen molar-refractivity contribution in [2.75, 3.05) is 20.2 Å². The molecule has 5 rings (SSSR count). The maximum atomic E-state index is 13.9. The van der Waals surface area contributed by atoms with Gasteiger partial charge in [0.05, 0.1) is 35.3 Å². The number of nitrogens with zero attached hydrogens (tertiary/aromatic N) is 5. The minimum Gasteiger partial charge on any atom is -0.496 e. The molecule has 162 valence electrons. The van der Waals surface area contributed by atoms with E-state index < -0.39 is 5.82 Å². The first-order valence-corrected chi connectivity index (χ1v) is 11.0. The molecular formula is C22H17ClFN5O2S. The number of fused-ring (bicyclic) bond motifs is 1. The van der Waals surface area contributed by atoms with Crippen LogP contribution in [0.3, 0.4) is 0 Å². The maximum absolute atomic E-state index is 13.9. The van der Waals surface area contributed by atoms with E-state index in [1.165, 1.54) is 36.7 Å². The van der Waals surface area contributed by atoms with Crippen molar-refractivity contribution in [2.24, 2.45) is 0 Å². The van der Waals surface area contributed by atoms with Crippen LogP contribution in [0.5, 0.6) is 5.75 Å². The van der Waals surface area contributed by atoms with Crippen molar-refractivity contribution in [3.8, 4) is 28.1 Å². The standard InChI is InChI=1S/C22H17ClFN5O2S/c1-3-17(30)28-9-14(10-28)29-8-12(7-26-29)19-18(15-5-4-13(24)6-16(15)31-2)21-20(22(23)27-19)25-11-32-21/h3-8,11,14H,1,9-10H2,2H3. The normalized spacial score (nSPS) is 13.9. The van der Waals surface area contributed by atoms with Gasteiger partial charge in [0.1, 0.15) is 17.1 Å². The van der Waals surface area contributed by atoms with E-state index in [1.54, 1.807) is 22.7 Å². The summed E-state index contributed by atoms with van der Waals surface area (Å²) < 4.78 is 22.0. The SMILES string of the molecule is C=CC(=O)N1CC(n2cc(-c3nc(Cl)c4ncsc4c3-c3ccc(F)cc3OC)cn2)C1. The number of aromatic nitrogens is 4. The topological polar surface area (TPSA) is 73.1 Å². The number of likely N-dealkylation sites (tertiary alicyclic amines) is 1. The maximum Gasteiger partial charge on any atom is 0.246 e. The average molecular weight is 470 g/mol. The fourth-order valence-electron chi connectivity index (χ4n) is 3.81. The Hall–Kier alpha value is -3.30. The van der Waals surface area contributed by atoms with Gasteiger partial charge in [-0.25, -0.2) is 14.4 Å². The molecule has 4 aromatic rings. The highest BCUT2D eigenvalue weighted by atomic mass is 35.5. The zero-order valence-electron chi connectivity index (χ0n) is 17.0. The van der Waals surface area contributed by atoms with E-state index in [-0.39, 0.29) is 17.1 Å². The third-order valence-corrected chi connectivity index (χ3v) is 6.57. The van der Waals surface area contributed by atoms with Crippen molar-refractivity contribution in [3.63, 3.8) is 0 Å². The molecule has 0 N–H and O–H groups in total. The lowest BCUT2D eigenvalue weighted by Crippen LogP contribution is -2.50. The van der Waals surface area contributed by atoms with Crippen LogP contribution < -0.4 is 4.74 Å². The molecule has 3 aromatic heterocycles. The Labute approximate surface area is 191 Å². The number of thiazole rings is 1. The summed E-state index contributed by atoms with van der Waals surface area (Å²) in [6.07, 6.45) is 4.90. The molecule has 0 aliphatic carbocycles. The van der Waals surface area contributed by atoms with E-state index in [2.05, 4.69) is 21.6 Å². The molecule has 0 saturated carbocycles. The van der Waals surface area contributed by atoms with Gasteiger partial charge in [-0.1, -0.05) is 18.2 Å². The number of ether oxygens (including phenoxy) is 1. The van der Waals surface area contributed by atoms with Crippen LogP contribution >= 0.6 is 22.9 Å².